The second-order valence-electron chi connectivity index (χ2n) is 3.59. The summed E-state index contributed by atoms with van der Waals surface area (Å²) in [7, 11) is 0. The highest BCUT2D eigenvalue weighted by molar-refractivity contribution is 9.10. The van der Waals surface area contributed by atoms with Crippen LogP contribution in [0.4, 0.5) is 27.1 Å². The SMILES string of the molecule is Nc1cc(Br)c(Nc2ccc(F)cc2)cc1N. The Morgan fingerprint density at radius 2 is 1.59 bits per heavy atom. The maximum absolute atomic E-state index is 12.7. The van der Waals surface area contributed by atoms with Gasteiger partial charge in [-0.3, -0.25) is 0 Å². The van der Waals surface area contributed by atoms with Crippen LogP contribution < -0.4 is 16.8 Å². The van der Waals surface area contributed by atoms with Crippen molar-refractivity contribution in [3.05, 3.63) is 46.7 Å². The van der Waals surface area contributed by atoms with Crippen molar-refractivity contribution in [1.29, 1.82) is 0 Å². The van der Waals surface area contributed by atoms with Crippen LogP contribution in [0.3, 0.4) is 0 Å². The Labute approximate surface area is 107 Å². The largest absolute Gasteiger partial charge is 0.397 e. The smallest absolute Gasteiger partial charge is 0.123 e. The van der Waals surface area contributed by atoms with Crippen molar-refractivity contribution >= 4 is 38.7 Å². The predicted octanol–water partition coefficient (Wildman–Crippen LogP) is 3.50. The predicted molar refractivity (Wildman–Crippen MR) is 72.6 cm³/mol. The van der Waals surface area contributed by atoms with Gasteiger partial charge in [0.05, 0.1) is 17.1 Å². The minimum Gasteiger partial charge on any atom is -0.397 e. The molecule has 0 amide bonds. The summed E-state index contributed by atoms with van der Waals surface area (Å²) in [5.41, 5.74) is 14.0. The summed E-state index contributed by atoms with van der Waals surface area (Å²) in [5, 5.41) is 3.12. The number of rotatable bonds is 2. The van der Waals surface area contributed by atoms with Crippen LogP contribution >= 0.6 is 15.9 Å². The van der Waals surface area contributed by atoms with Gasteiger partial charge < -0.3 is 16.8 Å². The summed E-state index contributed by atoms with van der Waals surface area (Å²) in [6.07, 6.45) is 0. The highest BCUT2D eigenvalue weighted by Gasteiger charge is 2.04. The van der Waals surface area contributed by atoms with E-state index >= 15 is 0 Å². The summed E-state index contributed by atoms with van der Waals surface area (Å²) in [6, 6.07) is 9.51. The van der Waals surface area contributed by atoms with Gasteiger partial charge in [0.2, 0.25) is 0 Å². The molecule has 5 heteroatoms. The van der Waals surface area contributed by atoms with Gasteiger partial charge in [-0.15, -0.1) is 0 Å². The zero-order chi connectivity index (χ0) is 12.4. The van der Waals surface area contributed by atoms with Crippen LogP contribution in [0.25, 0.3) is 0 Å². The second-order valence-corrected chi connectivity index (χ2v) is 4.45. The minimum atomic E-state index is -0.272. The molecule has 0 fully saturated rings. The molecule has 0 bridgehead atoms. The van der Waals surface area contributed by atoms with Gasteiger partial charge in [-0.25, -0.2) is 4.39 Å². The molecule has 17 heavy (non-hydrogen) atoms. The molecule has 0 saturated carbocycles. The lowest BCUT2D eigenvalue weighted by molar-refractivity contribution is 0.628. The first-order valence-electron chi connectivity index (χ1n) is 4.93. The monoisotopic (exact) mass is 295 g/mol. The number of hydrogen-bond donors (Lipinski definition) is 3. The lowest BCUT2D eigenvalue weighted by atomic mass is 10.2. The Morgan fingerprint density at radius 3 is 2.24 bits per heavy atom. The van der Waals surface area contributed by atoms with E-state index in [1.54, 1.807) is 24.3 Å². The third-order valence-corrected chi connectivity index (χ3v) is 2.95. The van der Waals surface area contributed by atoms with Crippen LogP contribution in [0.15, 0.2) is 40.9 Å². The molecule has 0 atom stereocenters. The Morgan fingerprint density at radius 1 is 1.00 bits per heavy atom. The lowest BCUT2D eigenvalue weighted by Crippen LogP contribution is -1.98. The molecular formula is C12H11BrFN3. The molecule has 0 saturated heterocycles. The highest BCUT2D eigenvalue weighted by Crippen LogP contribution is 2.31. The molecule has 0 radical (unpaired) electrons. The Kier molecular flexibility index (Phi) is 3.19. The van der Waals surface area contributed by atoms with Gasteiger partial charge in [0.25, 0.3) is 0 Å². The van der Waals surface area contributed by atoms with Gasteiger partial charge in [0.1, 0.15) is 5.82 Å². The molecular weight excluding hydrogens is 285 g/mol. The zero-order valence-corrected chi connectivity index (χ0v) is 10.5. The average Bonchev–Trinajstić information content (AvgIpc) is 2.29. The third kappa shape index (κ3) is 2.68. The molecule has 0 heterocycles. The summed E-state index contributed by atoms with van der Waals surface area (Å²) >= 11 is 3.38. The molecule has 0 aliphatic rings. The first-order chi connectivity index (χ1) is 8.06. The molecule has 0 spiro atoms. The van der Waals surface area contributed by atoms with Crippen LogP contribution in [0.1, 0.15) is 0 Å². The van der Waals surface area contributed by atoms with Gasteiger partial charge in [-0.2, -0.15) is 0 Å². The highest BCUT2D eigenvalue weighted by atomic mass is 79.9. The van der Waals surface area contributed by atoms with Crippen molar-refractivity contribution in [3.8, 4) is 0 Å². The van der Waals surface area contributed by atoms with E-state index < -0.39 is 0 Å². The van der Waals surface area contributed by atoms with Crippen LogP contribution in [0.2, 0.25) is 0 Å². The molecule has 3 nitrogen and oxygen atoms in total. The maximum Gasteiger partial charge on any atom is 0.123 e. The van der Waals surface area contributed by atoms with E-state index in [1.807, 2.05) is 0 Å². The van der Waals surface area contributed by atoms with E-state index in [2.05, 4.69) is 21.2 Å². The van der Waals surface area contributed by atoms with Crippen LogP contribution in [0.5, 0.6) is 0 Å². The number of halogens is 2. The normalized spacial score (nSPS) is 10.2. The fraction of sp³-hybridized carbons (Fsp3) is 0. The van der Waals surface area contributed by atoms with E-state index in [9.17, 15) is 4.39 Å². The van der Waals surface area contributed by atoms with Gasteiger partial charge in [0.15, 0.2) is 0 Å². The third-order valence-electron chi connectivity index (χ3n) is 2.30. The second kappa shape index (κ2) is 4.63. The Balaban J connectivity index is 2.30. The molecule has 88 valence electrons. The van der Waals surface area contributed by atoms with Crippen LogP contribution in [-0.2, 0) is 0 Å². The van der Waals surface area contributed by atoms with Gasteiger partial charge >= 0.3 is 0 Å². The van der Waals surface area contributed by atoms with Crippen molar-refractivity contribution in [1.82, 2.24) is 0 Å². The number of nitrogens with one attached hydrogen (secondary N) is 1. The van der Waals surface area contributed by atoms with Crippen molar-refractivity contribution in [2.24, 2.45) is 0 Å². The fourth-order valence-electron chi connectivity index (χ4n) is 1.39. The van der Waals surface area contributed by atoms with Crippen molar-refractivity contribution in [2.45, 2.75) is 0 Å². The Hall–Kier alpha value is -1.75. The fourth-order valence-corrected chi connectivity index (χ4v) is 1.85. The van der Waals surface area contributed by atoms with E-state index in [1.165, 1.54) is 12.1 Å². The quantitative estimate of drug-likeness (QED) is 0.743. The molecule has 2 aromatic carbocycles. The number of nitrogens with two attached hydrogens (primary N) is 2. The molecule has 0 aliphatic carbocycles. The van der Waals surface area contributed by atoms with E-state index in [0.29, 0.717) is 11.4 Å². The van der Waals surface area contributed by atoms with Gasteiger partial charge in [-0.1, -0.05) is 0 Å². The number of hydrogen-bond acceptors (Lipinski definition) is 3. The lowest BCUT2D eigenvalue weighted by Gasteiger charge is -2.11. The van der Waals surface area contributed by atoms with Gasteiger partial charge in [0, 0.05) is 10.2 Å². The number of anilines is 4. The van der Waals surface area contributed by atoms with Crippen molar-refractivity contribution in [3.63, 3.8) is 0 Å². The van der Waals surface area contributed by atoms with Gasteiger partial charge in [-0.05, 0) is 52.3 Å². The van der Waals surface area contributed by atoms with Crippen LogP contribution in [0, 0.1) is 5.82 Å². The minimum absolute atomic E-state index is 0.272. The first kappa shape index (κ1) is 11.7. The van der Waals surface area contributed by atoms with E-state index in [4.69, 9.17) is 11.5 Å². The van der Waals surface area contributed by atoms with E-state index in [0.717, 1.165) is 15.8 Å². The maximum atomic E-state index is 12.7. The average molecular weight is 296 g/mol. The first-order valence-corrected chi connectivity index (χ1v) is 5.72. The molecule has 0 aromatic heterocycles. The molecule has 0 aliphatic heterocycles. The number of nitrogen functional groups attached to an aromatic ring is 2. The summed E-state index contributed by atoms with van der Waals surface area (Å²) in [5.74, 6) is -0.272. The molecule has 2 rings (SSSR count). The summed E-state index contributed by atoms with van der Waals surface area (Å²) in [4.78, 5) is 0. The number of benzene rings is 2. The van der Waals surface area contributed by atoms with Crippen molar-refractivity contribution in [2.75, 3.05) is 16.8 Å². The molecule has 5 N–H and O–H groups in total. The topological polar surface area (TPSA) is 64.1 Å². The Bertz CT molecular complexity index is 540. The zero-order valence-electron chi connectivity index (χ0n) is 8.87. The summed E-state index contributed by atoms with van der Waals surface area (Å²) in [6.45, 7) is 0. The standard InChI is InChI=1S/C12H11BrFN3/c13-9-5-10(15)11(16)6-12(9)17-8-3-1-7(14)2-4-8/h1-6,17H,15-16H2. The van der Waals surface area contributed by atoms with Crippen molar-refractivity contribution < 1.29 is 4.39 Å². The molecule has 0 unspecified atom stereocenters. The molecule has 2 aromatic rings. The summed E-state index contributed by atoms with van der Waals surface area (Å²) < 4.78 is 13.5. The van der Waals surface area contributed by atoms with Crippen LogP contribution in [-0.4, -0.2) is 0 Å². The van der Waals surface area contributed by atoms with E-state index in [-0.39, 0.29) is 5.82 Å².